The molecule has 0 amide bonds. The molecule has 0 bridgehead atoms. The molecule has 0 radical (unpaired) electrons. The van der Waals surface area contributed by atoms with Crippen LogP contribution in [-0.2, 0) is 11.3 Å². The van der Waals surface area contributed by atoms with Crippen molar-refractivity contribution in [3.63, 3.8) is 0 Å². The summed E-state index contributed by atoms with van der Waals surface area (Å²) < 4.78 is 14.3. The maximum Gasteiger partial charge on any atom is 0.519 e. The van der Waals surface area contributed by atoms with Crippen molar-refractivity contribution in [1.82, 2.24) is 0 Å². The Kier molecular flexibility index (Phi) is 5.63. The van der Waals surface area contributed by atoms with Gasteiger partial charge in [0, 0.05) is 6.61 Å². The summed E-state index contributed by atoms with van der Waals surface area (Å²) in [6.45, 7) is 10.4. The average molecular weight is 186 g/mol. The quantitative estimate of drug-likeness (QED) is 0.676. The standard InChI is InChI=1S/C7H10O4.C2H4/c1-3-9-4-6-5(2)10-7(8)11-6;1-2/h3-4H2,1-2H3;1-2H2. The fourth-order valence-corrected chi connectivity index (χ4v) is 0.701. The van der Waals surface area contributed by atoms with Crippen LogP contribution in [0.15, 0.2) is 26.8 Å². The van der Waals surface area contributed by atoms with Gasteiger partial charge in [-0.25, -0.2) is 4.79 Å². The number of hydrogen-bond donors (Lipinski definition) is 0. The van der Waals surface area contributed by atoms with Crippen molar-refractivity contribution < 1.29 is 13.6 Å². The Morgan fingerprint density at radius 1 is 1.38 bits per heavy atom. The summed E-state index contributed by atoms with van der Waals surface area (Å²) in [5.41, 5.74) is 0. The van der Waals surface area contributed by atoms with Crippen molar-refractivity contribution in [1.29, 1.82) is 0 Å². The predicted molar refractivity (Wildman–Crippen MR) is 48.6 cm³/mol. The molecule has 0 aliphatic heterocycles. The molecule has 0 unspecified atom stereocenters. The van der Waals surface area contributed by atoms with Gasteiger partial charge in [-0.1, -0.05) is 0 Å². The van der Waals surface area contributed by atoms with Crippen LogP contribution in [0.3, 0.4) is 0 Å². The molecular weight excluding hydrogens is 172 g/mol. The van der Waals surface area contributed by atoms with E-state index >= 15 is 0 Å². The minimum atomic E-state index is -0.669. The Balaban J connectivity index is 0.000000671. The van der Waals surface area contributed by atoms with Crippen LogP contribution in [0.1, 0.15) is 18.4 Å². The molecule has 74 valence electrons. The zero-order chi connectivity index (χ0) is 10.3. The van der Waals surface area contributed by atoms with Crippen molar-refractivity contribution in [3.8, 4) is 0 Å². The lowest BCUT2D eigenvalue weighted by molar-refractivity contribution is 0.116. The van der Waals surface area contributed by atoms with Gasteiger partial charge < -0.3 is 13.6 Å². The highest BCUT2D eigenvalue weighted by molar-refractivity contribution is 4.98. The molecule has 1 aromatic heterocycles. The zero-order valence-electron chi connectivity index (χ0n) is 7.96. The molecule has 0 aromatic carbocycles. The second-order valence-electron chi connectivity index (χ2n) is 2.07. The first kappa shape index (κ1) is 11.7. The van der Waals surface area contributed by atoms with E-state index < -0.39 is 5.82 Å². The summed E-state index contributed by atoms with van der Waals surface area (Å²) in [6, 6.07) is 0. The van der Waals surface area contributed by atoms with E-state index in [1.165, 1.54) is 0 Å². The maximum atomic E-state index is 10.5. The second kappa shape index (κ2) is 6.25. The van der Waals surface area contributed by atoms with E-state index in [1.807, 2.05) is 6.92 Å². The molecule has 4 nitrogen and oxygen atoms in total. The van der Waals surface area contributed by atoms with E-state index in [0.717, 1.165) is 0 Å². The third-order valence-electron chi connectivity index (χ3n) is 1.27. The molecule has 1 aromatic rings. The van der Waals surface area contributed by atoms with Crippen LogP contribution in [0.5, 0.6) is 0 Å². The molecule has 0 saturated carbocycles. The monoisotopic (exact) mass is 186 g/mol. The van der Waals surface area contributed by atoms with Gasteiger partial charge in [-0.05, 0) is 13.8 Å². The predicted octanol–water partition coefficient (Wildman–Crippen LogP) is 1.88. The van der Waals surface area contributed by atoms with Crippen molar-refractivity contribution in [3.05, 3.63) is 35.3 Å². The molecule has 4 heteroatoms. The molecule has 13 heavy (non-hydrogen) atoms. The van der Waals surface area contributed by atoms with Gasteiger partial charge in [0.2, 0.25) is 0 Å². The third-order valence-corrected chi connectivity index (χ3v) is 1.27. The van der Waals surface area contributed by atoms with Crippen molar-refractivity contribution in [2.45, 2.75) is 20.5 Å². The first-order valence-corrected chi connectivity index (χ1v) is 3.91. The van der Waals surface area contributed by atoms with Gasteiger partial charge >= 0.3 is 5.82 Å². The van der Waals surface area contributed by atoms with Crippen molar-refractivity contribution in [2.75, 3.05) is 6.61 Å². The maximum absolute atomic E-state index is 10.5. The van der Waals surface area contributed by atoms with Crippen molar-refractivity contribution in [2.24, 2.45) is 0 Å². The lowest BCUT2D eigenvalue weighted by Gasteiger charge is -1.94. The van der Waals surface area contributed by atoms with Crippen LogP contribution in [0.25, 0.3) is 0 Å². The molecule has 1 rings (SSSR count). The molecule has 0 spiro atoms. The Hall–Kier alpha value is -1.29. The van der Waals surface area contributed by atoms with Gasteiger partial charge in [-0.15, -0.1) is 13.2 Å². The minimum Gasteiger partial charge on any atom is -0.396 e. The van der Waals surface area contributed by atoms with E-state index in [1.54, 1.807) is 6.92 Å². The van der Waals surface area contributed by atoms with Crippen LogP contribution in [-0.4, -0.2) is 6.61 Å². The molecule has 0 fully saturated rings. The van der Waals surface area contributed by atoms with Gasteiger partial charge in [0.25, 0.3) is 0 Å². The Labute approximate surface area is 76.8 Å². The Morgan fingerprint density at radius 3 is 2.38 bits per heavy atom. The van der Waals surface area contributed by atoms with E-state index in [9.17, 15) is 4.79 Å². The van der Waals surface area contributed by atoms with Crippen LogP contribution >= 0.6 is 0 Å². The topological polar surface area (TPSA) is 52.6 Å². The summed E-state index contributed by atoms with van der Waals surface area (Å²) >= 11 is 0. The number of ether oxygens (including phenoxy) is 1. The highest BCUT2D eigenvalue weighted by Gasteiger charge is 2.06. The Bertz CT molecular complexity index is 284. The van der Waals surface area contributed by atoms with Crippen LogP contribution in [0, 0.1) is 6.92 Å². The molecular formula is C9H14O4. The molecule has 0 aliphatic rings. The number of aryl methyl sites for hydroxylation is 1. The minimum absolute atomic E-state index is 0.300. The molecule has 0 saturated heterocycles. The van der Waals surface area contributed by atoms with Crippen LogP contribution in [0.2, 0.25) is 0 Å². The number of rotatable bonds is 3. The normalized spacial score (nSPS) is 9.08. The lowest BCUT2D eigenvalue weighted by Crippen LogP contribution is -1.92. The lowest BCUT2D eigenvalue weighted by atomic mass is 10.4. The summed E-state index contributed by atoms with van der Waals surface area (Å²) in [6.07, 6.45) is 0. The third kappa shape index (κ3) is 3.75. The van der Waals surface area contributed by atoms with Crippen molar-refractivity contribution >= 4 is 0 Å². The molecule has 0 N–H and O–H groups in total. The zero-order valence-corrected chi connectivity index (χ0v) is 7.96. The largest absolute Gasteiger partial charge is 0.519 e. The highest BCUT2D eigenvalue weighted by Crippen LogP contribution is 2.05. The Morgan fingerprint density at radius 2 is 2.00 bits per heavy atom. The number of hydrogen-bond acceptors (Lipinski definition) is 4. The average Bonchev–Trinajstić information content (AvgIpc) is 2.45. The van der Waals surface area contributed by atoms with Gasteiger partial charge in [0.1, 0.15) is 12.4 Å². The van der Waals surface area contributed by atoms with E-state index in [4.69, 9.17) is 4.74 Å². The summed E-state index contributed by atoms with van der Waals surface area (Å²) in [5.74, 6) is 0.289. The molecule has 0 atom stereocenters. The van der Waals surface area contributed by atoms with Crippen LogP contribution < -0.4 is 5.82 Å². The van der Waals surface area contributed by atoms with Gasteiger partial charge in [-0.2, -0.15) is 0 Å². The molecule has 0 aliphatic carbocycles. The summed E-state index contributed by atoms with van der Waals surface area (Å²) in [7, 11) is 0. The fourth-order valence-electron chi connectivity index (χ4n) is 0.701. The van der Waals surface area contributed by atoms with E-state index in [0.29, 0.717) is 24.7 Å². The van der Waals surface area contributed by atoms with Gasteiger partial charge in [-0.3, -0.25) is 0 Å². The van der Waals surface area contributed by atoms with Crippen LogP contribution in [0.4, 0.5) is 0 Å². The summed E-state index contributed by atoms with van der Waals surface area (Å²) in [4.78, 5) is 10.5. The first-order chi connectivity index (χ1) is 6.24. The SMILES string of the molecule is C=C.CCOCc1oc(=O)oc1C. The van der Waals surface area contributed by atoms with E-state index in [2.05, 4.69) is 22.0 Å². The highest BCUT2D eigenvalue weighted by atomic mass is 16.6. The second-order valence-corrected chi connectivity index (χ2v) is 2.07. The van der Waals surface area contributed by atoms with E-state index in [-0.39, 0.29) is 0 Å². The van der Waals surface area contributed by atoms with Gasteiger partial charge in [0.05, 0.1) is 0 Å². The fraction of sp³-hybridized carbons (Fsp3) is 0.444. The summed E-state index contributed by atoms with van der Waals surface area (Å²) in [5, 5.41) is 0. The van der Waals surface area contributed by atoms with Gasteiger partial charge in [0.15, 0.2) is 5.76 Å². The first-order valence-electron chi connectivity index (χ1n) is 3.91. The smallest absolute Gasteiger partial charge is 0.396 e. The molecule has 1 heterocycles.